The van der Waals surface area contributed by atoms with Gasteiger partial charge in [0.1, 0.15) is 5.82 Å². The molecule has 1 aromatic heterocycles. The maximum Gasteiger partial charge on any atom is 0.416 e. The van der Waals surface area contributed by atoms with Crippen LogP contribution in [0.3, 0.4) is 0 Å². The van der Waals surface area contributed by atoms with Crippen LogP contribution in [-0.2, 0) is 17.5 Å². The molecule has 0 spiro atoms. The predicted molar refractivity (Wildman–Crippen MR) is 98.9 cm³/mol. The molecule has 10 heteroatoms. The third-order valence-corrected chi connectivity index (χ3v) is 5.20. The van der Waals surface area contributed by atoms with Crippen molar-refractivity contribution in [3.63, 3.8) is 0 Å². The van der Waals surface area contributed by atoms with E-state index in [4.69, 9.17) is 16.1 Å². The molecular weight excluding hydrogens is 426 g/mol. The Morgan fingerprint density at radius 2 is 1.90 bits per heavy atom. The van der Waals surface area contributed by atoms with E-state index in [0.29, 0.717) is 17.7 Å². The zero-order valence-electron chi connectivity index (χ0n) is 15.3. The van der Waals surface area contributed by atoms with E-state index in [1.807, 2.05) is 0 Å². The lowest BCUT2D eigenvalue weighted by Gasteiger charge is -2.17. The van der Waals surface area contributed by atoms with Gasteiger partial charge < -0.3 is 9.42 Å². The Morgan fingerprint density at radius 1 is 1.17 bits per heavy atom. The summed E-state index contributed by atoms with van der Waals surface area (Å²) in [6.45, 7) is 0.523. The minimum atomic E-state index is -4.43. The fourth-order valence-corrected chi connectivity index (χ4v) is 3.50. The number of amides is 1. The Morgan fingerprint density at radius 3 is 2.57 bits per heavy atom. The summed E-state index contributed by atoms with van der Waals surface area (Å²) in [5.41, 5.74) is 0.215. The molecule has 156 valence electrons. The second kappa shape index (κ2) is 7.71. The van der Waals surface area contributed by atoms with Crippen molar-refractivity contribution in [3.05, 3.63) is 70.3 Å². The van der Waals surface area contributed by atoms with Gasteiger partial charge in [0.05, 0.1) is 11.5 Å². The Hall–Kier alpha value is -2.94. The van der Waals surface area contributed by atoms with Gasteiger partial charge in [0.25, 0.3) is 0 Å². The molecule has 0 aliphatic carbocycles. The van der Waals surface area contributed by atoms with Gasteiger partial charge in [-0.25, -0.2) is 4.39 Å². The van der Waals surface area contributed by atoms with E-state index in [1.165, 1.54) is 30.3 Å². The van der Waals surface area contributed by atoms with E-state index in [1.54, 1.807) is 4.90 Å². The van der Waals surface area contributed by atoms with Crippen LogP contribution in [0.15, 0.2) is 47.0 Å². The van der Waals surface area contributed by atoms with E-state index in [9.17, 15) is 22.4 Å². The zero-order chi connectivity index (χ0) is 21.5. The number of carbonyl (C=O) groups excluding carboxylic acids is 1. The third-order valence-electron chi connectivity index (χ3n) is 4.85. The fraction of sp³-hybridized carbons (Fsp3) is 0.250. The summed E-state index contributed by atoms with van der Waals surface area (Å²) in [5.74, 6) is -0.588. The lowest BCUT2D eigenvalue weighted by molar-refractivity contribution is -0.137. The predicted octanol–water partition coefficient (Wildman–Crippen LogP) is 5.06. The van der Waals surface area contributed by atoms with Crippen molar-refractivity contribution < 1.29 is 26.9 Å². The fourth-order valence-electron chi connectivity index (χ4n) is 3.27. The largest absolute Gasteiger partial charge is 0.416 e. The monoisotopic (exact) mass is 439 g/mol. The van der Waals surface area contributed by atoms with Crippen LogP contribution in [0.5, 0.6) is 0 Å². The summed E-state index contributed by atoms with van der Waals surface area (Å²) < 4.78 is 56.5. The highest BCUT2D eigenvalue weighted by Gasteiger charge is 2.35. The molecule has 1 aliphatic rings. The van der Waals surface area contributed by atoms with Crippen molar-refractivity contribution in [2.24, 2.45) is 0 Å². The first-order valence-corrected chi connectivity index (χ1v) is 9.31. The van der Waals surface area contributed by atoms with Gasteiger partial charge in [-0.3, -0.25) is 4.79 Å². The van der Waals surface area contributed by atoms with Gasteiger partial charge in [-0.05, 0) is 29.8 Å². The summed E-state index contributed by atoms with van der Waals surface area (Å²) in [6, 6.07) is 8.39. The lowest BCUT2D eigenvalue weighted by Crippen LogP contribution is -2.24. The molecule has 1 unspecified atom stereocenters. The minimum Gasteiger partial charge on any atom is -0.339 e. The molecule has 0 saturated carbocycles. The molecule has 2 aromatic carbocycles. The number of benzene rings is 2. The van der Waals surface area contributed by atoms with Crippen molar-refractivity contribution in [1.82, 2.24) is 15.0 Å². The van der Waals surface area contributed by atoms with E-state index in [-0.39, 0.29) is 41.5 Å². The van der Waals surface area contributed by atoms with Gasteiger partial charge in [0.15, 0.2) is 0 Å². The van der Waals surface area contributed by atoms with Crippen LogP contribution >= 0.6 is 11.6 Å². The van der Waals surface area contributed by atoms with E-state index >= 15 is 0 Å². The molecule has 1 fully saturated rings. The molecule has 1 saturated heterocycles. The third kappa shape index (κ3) is 4.16. The topological polar surface area (TPSA) is 59.2 Å². The smallest absolute Gasteiger partial charge is 0.339 e. The molecule has 5 nitrogen and oxygen atoms in total. The molecular formula is C20H14ClF4N3O2. The molecule has 2 heterocycles. The van der Waals surface area contributed by atoms with Crippen molar-refractivity contribution in [3.8, 4) is 11.4 Å². The van der Waals surface area contributed by atoms with Gasteiger partial charge in [-0.1, -0.05) is 35.0 Å². The molecule has 3 aromatic rings. The van der Waals surface area contributed by atoms with Crippen molar-refractivity contribution in [1.29, 1.82) is 0 Å². The van der Waals surface area contributed by atoms with Crippen LogP contribution in [0.2, 0.25) is 5.02 Å². The van der Waals surface area contributed by atoms with Crippen LogP contribution in [-0.4, -0.2) is 27.5 Å². The molecule has 1 amide bonds. The van der Waals surface area contributed by atoms with E-state index in [2.05, 4.69) is 10.1 Å². The lowest BCUT2D eigenvalue weighted by atomic mass is 10.1. The molecule has 4 rings (SSSR count). The number of likely N-dealkylation sites (tertiary alicyclic amines) is 1. The number of nitrogens with zero attached hydrogens (tertiary/aromatic N) is 3. The van der Waals surface area contributed by atoms with Crippen LogP contribution in [0.1, 0.15) is 29.4 Å². The Bertz CT molecular complexity index is 1080. The average molecular weight is 440 g/mol. The summed E-state index contributed by atoms with van der Waals surface area (Å²) in [5, 5.41) is 4.05. The summed E-state index contributed by atoms with van der Waals surface area (Å²) >= 11 is 6.03. The number of carbonyl (C=O) groups is 1. The summed E-state index contributed by atoms with van der Waals surface area (Å²) in [7, 11) is 0. The first kappa shape index (κ1) is 20.3. The average Bonchev–Trinajstić information content (AvgIpc) is 3.31. The quantitative estimate of drug-likeness (QED) is 0.533. The Labute approximate surface area is 173 Å². The van der Waals surface area contributed by atoms with Gasteiger partial charge in [0.2, 0.25) is 17.6 Å². The molecule has 0 N–H and O–H groups in total. The van der Waals surface area contributed by atoms with Crippen LogP contribution in [0, 0.1) is 5.82 Å². The highest BCUT2D eigenvalue weighted by Crippen LogP contribution is 2.32. The first-order valence-electron chi connectivity index (χ1n) is 8.93. The number of halogens is 5. The number of alkyl halides is 3. The number of rotatable bonds is 4. The van der Waals surface area contributed by atoms with E-state index < -0.39 is 17.6 Å². The zero-order valence-corrected chi connectivity index (χ0v) is 16.0. The standard InChI is InChI=1S/C20H14ClF4N3O2/c21-16-8-15(22)6-3-12(16)9-28-10-13(7-17(28)29)19-26-18(27-30-19)11-1-4-14(5-2-11)20(23,24)25/h1-6,8,13H,7,9-10H2. The molecule has 0 radical (unpaired) electrons. The van der Waals surface area contributed by atoms with Crippen molar-refractivity contribution >= 4 is 17.5 Å². The minimum absolute atomic E-state index is 0.144. The SMILES string of the molecule is O=C1CC(c2nc(-c3ccc(C(F)(F)F)cc3)no2)CN1Cc1ccc(F)cc1Cl. The van der Waals surface area contributed by atoms with Gasteiger partial charge in [-0.2, -0.15) is 18.2 Å². The number of hydrogen-bond donors (Lipinski definition) is 0. The van der Waals surface area contributed by atoms with Crippen molar-refractivity contribution in [2.45, 2.75) is 25.1 Å². The second-order valence-corrected chi connectivity index (χ2v) is 7.35. The van der Waals surface area contributed by atoms with Crippen LogP contribution in [0.25, 0.3) is 11.4 Å². The summed E-state index contributed by atoms with van der Waals surface area (Å²) in [6.07, 6.45) is -4.28. The summed E-state index contributed by atoms with van der Waals surface area (Å²) in [4.78, 5) is 18.2. The Balaban J connectivity index is 1.47. The normalized spacial score (nSPS) is 17.0. The second-order valence-electron chi connectivity index (χ2n) is 6.94. The number of hydrogen-bond acceptors (Lipinski definition) is 4. The molecule has 1 atom stereocenters. The highest BCUT2D eigenvalue weighted by molar-refractivity contribution is 6.31. The van der Waals surface area contributed by atoms with Crippen LogP contribution in [0.4, 0.5) is 17.6 Å². The van der Waals surface area contributed by atoms with Crippen LogP contribution < -0.4 is 0 Å². The maximum absolute atomic E-state index is 13.2. The maximum atomic E-state index is 13.2. The van der Waals surface area contributed by atoms with Gasteiger partial charge in [-0.15, -0.1) is 0 Å². The van der Waals surface area contributed by atoms with Gasteiger partial charge in [0, 0.05) is 30.1 Å². The highest BCUT2D eigenvalue weighted by atomic mass is 35.5. The number of aromatic nitrogens is 2. The van der Waals surface area contributed by atoms with Crippen molar-refractivity contribution in [2.75, 3.05) is 6.54 Å². The molecule has 30 heavy (non-hydrogen) atoms. The first-order chi connectivity index (χ1) is 14.2. The van der Waals surface area contributed by atoms with E-state index in [0.717, 1.165) is 12.1 Å². The molecule has 1 aliphatic heterocycles. The Kier molecular flexibility index (Phi) is 5.23. The van der Waals surface area contributed by atoms with Gasteiger partial charge >= 0.3 is 6.18 Å². The molecule has 0 bridgehead atoms.